The molecular weight excluding hydrogens is 403 g/mol. The van der Waals surface area contributed by atoms with Crippen molar-refractivity contribution in [2.75, 3.05) is 7.05 Å². The van der Waals surface area contributed by atoms with Crippen LogP contribution in [0, 0.1) is 0 Å². The fourth-order valence-corrected chi connectivity index (χ4v) is 2.94. The Bertz CT molecular complexity index is 588. The minimum Gasteiger partial charge on any atom is -0.354 e. The first-order valence-corrected chi connectivity index (χ1v) is 9.26. The summed E-state index contributed by atoms with van der Waals surface area (Å²) in [7, 11) is 2.07. The quantitative estimate of drug-likeness (QED) is 0.388. The van der Waals surface area contributed by atoms with Crippen LogP contribution in [0.1, 0.15) is 56.8 Å². The monoisotopic (exact) mass is 428 g/mol. The number of rotatable bonds is 6. The first-order valence-electron chi connectivity index (χ1n) is 8.18. The minimum absolute atomic E-state index is 0.00302. The van der Waals surface area contributed by atoms with Crippen LogP contribution < -0.4 is 0 Å². The highest BCUT2D eigenvalue weighted by Gasteiger charge is 2.36. The molecule has 126 valence electrons. The standard InChI is InChI=1S/C18H25IN2O2/c1-5-6-7-14-8-9-15(16(20-14)10-11-17(19)22)18-21(4)12(2)13(3)23-18/h8-13,18H,5-7H2,1-4H3/b11-10+/t12-,13-,18?/m0/s1. The van der Waals surface area contributed by atoms with E-state index in [0.717, 1.165) is 36.2 Å². The third-order valence-electron chi connectivity index (χ3n) is 4.48. The van der Waals surface area contributed by atoms with Crippen molar-refractivity contribution >= 4 is 32.5 Å². The van der Waals surface area contributed by atoms with Gasteiger partial charge in [-0.05, 0) is 52.0 Å². The lowest BCUT2D eigenvalue weighted by atomic mass is 10.1. The molecule has 0 N–H and O–H groups in total. The average molecular weight is 428 g/mol. The highest BCUT2D eigenvalue weighted by Crippen LogP contribution is 2.34. The second-order valence-electron chi connectivity index (χ2n) is 6.12. The summed E-state index contributed by atoms with van der Waals surface area (Å²) in [5.41, 5.74) is 2.93. The summed E-state index contributed by atoms with van der Waals surface area (Å²) in [6.45, 7) is 6.43. The minimum atomic E-state index is -0.114. The number of halogens is 1. The van der Waals surface area contributed by atoms with E-state index < -0.39 is 0 Å². The third-order valence-corrected chi connectivity index (χ3v) is 4.83. The van der Waals surface area contributed by atoms with E-state index in [1.165, 1.54) is 0 Å². The summed E-state index contributed by atoms with van der Waals surface area (Å²) in [5, 5.41) is 0. The van der Waals surface area contributed by atoms with Crippen molar-refractivity contribution < 1.29 is 9.53 Å². The molecule has 2 rings (SSSR count). The average Bonchev–Trinajstić information content (AvgIpc) is 2.78. The van der Waals surface area contributed by atoms with Crippen LogP contribution in [0.4, 0.5) is 0 Å². The number of pyridine rings is 1. The van der Waals surface area contributed by atoms with Crippen molar-refractivity contribution in [3.05, 3.63) is 35.2 Å². The van der Waals surface area contributed by atoms with E-state index >= 15 is 0 Å². The van der Waals surface area contributed by atoms with Gasteiger partial charge in [0.1, 0.15) is 6.23 Å². The largest absolute Gasteiger partial charge is 0.354 e. The van der Waals surface area contributed by atoms with Crippen LogP contribution in [0.25, 0.3) is 6.08 Å². The molecule has 1 fully saturated rings. The van der Waals surface area contributed by atoms with Crippen molar-refractivity contribution in [2.45, 2.75) is 58.4 Å². The number of ether oxygens (including phenoxy) is 1. The molecule has 2 heterocycles. The molecule has 23 heavy (non-hydrogen) atoms. The maximum atomic E-state index is 11.3. The van der Waals surface area contributed by atoms with Crippen molar-refractivity contribution in [1.82, 2.24) is 9.88 Å². The maximum Gasteiger partial charge on any atom is 0.215 e. The van der Waals surface area contributed by atoms with Gasteiger partial charge in [0.15, 0.2) is 0 Å². The molecule has 4 nitrogen and oxygen atoms in total. The Balaban J connectivity index is 2.35. The summed E-state index contributed by atoms with van der Waals surface area (Å²) in [6.07, 6.45) is 6.66. The van der Waals surface area contributed by atoms with Gasteiger partial charge in [0.05, 0.1) is 11.8 Å². The molecule has 0 aromatic carbocycles. The molecule has 0 saturated carbocycles. The van der Waals surface area contributed by atoms with Crippen molar-refractivity contribution in [1.29, 1.82) is 0 Å². The highest BCUT2D eigenvalue weighted by molar-refractivity contribution is 14.1. The molecule has 0 aliphatic carbocycles. The van der Waals surface area contributed by atoms with Gasteiger partial charge in [-0.3, -0.25) is 14.7 Å². The van der Waals surface area contributed by atoms with Crippen LogP contribution in [-0.4, -0.2) is 32.9 Å². The van der Waals surface area contributed by atoms with Crippen LogP contribution >= 0.6 is 22.6 Å². The third kappa shape index (κ3) is 4.61. The number of nitrogens with zero attached hydrogens (tertiary/aromatic N) is 2. The molecule has 1 aliphatic rings. The molecule has 1 aromatic rings. The Morgan fingerprint density at radius 3 is 2.74 bits per heavy atom. The van der Waals surface area contributed by atoms with Crippen LogP contribution in [0.3, 0.4) is 0 Å². The van der Waals surface area contributed by atoms with Gasteiger partial charge in [-0.25, -0.2) is 0 Å². The van der Waals surface area contributed by atoms with Gasteiger partial charge in [0, 0.05) is 39.9 Å². The van der Waals surface area contributed by atoms with E-state index in [0.29, 0.717) is 6.04 Å². The Kier molecular flexibility index (Phi) is 6.73. The summed E-state index contributed by atoms with van der Waals surface area (Å²) in [5.74, 6) is 0. The fourth-order valence-electron chi connectivity index (χ4n) is 2.76. The van der Waals surface area contributed by atoms with Gasteiger partial charge in [-0.15, -0.1) is 0 Å². The predicted octanol–water partition coefficient (Wildman–Crippen LogP) is 4.14. The lowest BCUT2D eigenvalue weighted by Gasteiger charge is -2.22. The van der Waals surface area contributed by atoms with E-state index in [1.807, 2.05) is 6.08 Å². The van der Waals surface area contributed by atoms with E-state index in [9.17, 15) is 4.79 Å². The smallest absolute Gasteiger partial charge is 0.215 e. The van der Waals surface area contributed by atoms with Gasteiger partial charge >= 0.3 is 0 Å². The summed E-state index contributed by atoms with van der Waals surface area (Å²) in [6, 6.07) is 4.53. The summed E-state index contributed by atoms with van der Waals surface area (Å²) >= 11 is 1.78. The second kappa shape index (κ2) is 8.35. The lowest BCUT2D eigenvalue weighted by molar-refractivity contribution is -0.105. The number of allylic oxidation sites excluding steroid dienone is 1. The molecule has 1 aliphatic heterocycles. The molecule has 0 amide bonds. The lowest BCUT2D eigenvalue weighted by Crippen LogP contribution is -2.29. The van der Waals surface area contributed by atoms with Crippen molar-refractivity contribution in [3.63, 3.8) is 0 Å². The molecule has 1 aromatic heterocycles. The molecular formula is C18H25IN2O2. The van der Waals surface area contributed by atoms with E-state index in [2.05, 4.69) is 44.9 Å². The van der Waals surface area contributed by atoms with Gasteiger partial charge < -0.3 is 4.74 Å². The van der Waals surface area contributed by atoms with E-state index in [1.54, 1.807) is 28.7 Å². The number of likely N-dealkylation sites (N-methyl/N-ethyl adjacent to an activating group) is 1. The van der Waals surface area contributed by atoms with Crippen molar-refractivity contribution in [2.24, 2.45) is 0 Å². The first kappa shape index (κ1) is 18.5. The SMILES string of the molecule is CCCCc1ccc(C2O[C@@H](C)[C@H](C)N2C)c(/C=C/C(=O)I)n1. The zero-order valence-electron chi connectivity index (χ0n) is 14.3. The molecule has 0 bridgehead atoms. The van der Waals surface area contributed by atoms with Gasteiger partial charge in [0.25, 0.3) is 0 Å². The number of carbonyl (C=O) groups is 1. The Hall–Kier alpha value is -0.790. The van der Waals surface area contributed by atoms with Gasteiger partial charge in [0.2, 0.25) is 3.79 Å². The molecule has 1 saturated heterocycles. The Morgan fingerprint density at radius 1 is 1.43 bits per heavy atom. The van der Waals surface area contributed by atoms with Gasteiger partial charge in [-0.1, -0.05) is 19.4 Å². The topological polar surface area (TPSA) is 42.4 Å². The van der Waals surface area contributed by atoms with Crippen LogP contribution in [-0.2, 0) is 16.0 Å². The highest BCUT2D eigenvalue weighted by atomic mass is 127. The fraction of sp³-hybridized carbons (Fsp3) is 0.556. The Labute approximate surface area is 152 Å². The molecule has 0 spiro atoms. The van der Waals surface area contributed by atoms with Gasteiger partial charge in [-0.2, -0.15) is 0 Å². The zero-order valence-corrected chi connectivity index (χ0v) is 16.4. The van der Waals surface area contributed by atoms with E-state index in [-0.39, 0.29) is 16.1 Å². The normalized spacial score (nSPS) is 25.3. The molecule has 3 atom stereocenters. The van der Waals surface area contributed by atoms with Crippen LogP contribution in [0.2, 0.25) is 0 Å². The maximum absolute atomic E-state index is 11.3. The van der Waals surface area contributed by atoms with Crippen LogP contribution in [0.15, 0.2) is 18.2 Å². The number of aromatic nitrogens is 1. The number of unbranched alkanes of at least 4 members (excludes halogenated alkanes) is 1. The Morgan fingerprint density at radius 2 is 2.17 bits per heavy atom. The molecule has 1 unspecified atom stereocenters. The second-order valence-corrected chi connectivity index (χ2v) is 7.18. The van der Waals surface area contributed by atoms with E-state index in [4.69, 9.17) is 9.72 Å². The number of carbonyl (C=O) groups excluding carboxylic acids is 1. The number of aryl methyl sites for hydroxylation is 1. The first-order chi connectivity index (χ1) is 10.9. The molecule has 0 radical (unpaired) electrons. The predicted molar refractivity (Wildman–Crippen MR) is 101 cm³/mol. The van der Waals surface area contributed by atoms with Crippen molar-refractivity contribution in [3.8, 4) is 0 Å². The zero-order chi connectivity index (χ0) is 17.0. The van der Waals surface area contributed by atoms with Crippen LogP contribution in [0.5, 0.6) is 0 Å². The molecule has 5 heteroatoms. The summed E-state index contributed by atoms with van der Waals surface area (Å²) < 4.78 is 6.10. The number of hydrogen-bond donors (Lipinski definition) is 0. The number of hydrogen-bond acceptors (Lipinski definition) is 4. The summed E-state index contributed by atoms with van der Waals surface area (Å²) in [4.78, 5) is 18.3.